The quantitative estimate of drug-likeness (QED) is 0.0926. The van der Waals surface area contributed by atoms with Crippen molar-refractivity contribution >= 4 is 58.0 Å². The Morgan fingerprint density at radius 3 is 2.43 bits per heavy atom. The first-order valence-electron chi connectivity index (χ1n) is 18.0. The van der Waals surface area contributed by atoms with Crippen molar-refractivity contribution in [1.29, 1.82) is 0 Å². The molecule has 13 nitrogen and oxygen atoms in total. The fourth-order valence-corrected chi connectivity index (χ4v) is 6.94. The molecule has 0 aliphatic heterocycles. The highest BCUT2D eigenvalue weighted by Crippen LogP contribution is 2.39. The number of H-pyrrole nitrogens is 1. The van der Waals surface area contributed by atoms with Crippen LogP contribution in [0.4, 0.5) is 4.79 Å². The number of rotatable bonds is 15. The van der Waals surface area contributed by atoms with Crippen LogP contribution < -0.4 is 16.0 Å². The van der Waals surface area contributed by atoms with Gasteiger partial charge in [-0.05, 0) is 59.5 Å². The fraction of sp³-hybridized carbons (Fsp3) is 0.474. The molecule has 5 atom stereocenters. The molecular formula is C38H46Cl2N6O7. The molecule has 53 heavy (non-hydrogen) atoms. The van der Waals surface area contributed by atoms with Crippen LogP contribution in [0, 0.1) is 11.8 Å². The first-order chi connectivity index (χ1) is 25.4. The van der Waals surface area contributed by atoms with Gasteiger partial charge in [0.05, 0.1) is 17.1 Å². The Balaban J connectivity index is 1.48. The van der Waals surface area contributed by atoms with Crippen LogP contribution in [0.3, 0.4) is 0 Å². The average Bonchev–Trinajstić information content (AvgIpc) is 3.79. The molecule has 4 aromatic rings. The van der Waals surface area contributed by atoms with E-state index in [0.717, 1.165) is 22.2 Å². The van der Waals surface area contributed by atoms with E-state index in [9.17, 15) is 19.2 Å². The van der Waals surface area contributed by atoms with Crippen molar-refractivity contribution in [1.82, 2.24) is 31.1 Å². The molecule has 3 amide bonds. The number of carbonyl (C=O) groups is 4. The van der Waals surface area contributed by atoms with E-state index < -0.39 is 41.5 Å². The lowest BCUT2D eigenvalue weighted by Gasteiger charge is -2.39. The van der Waals surface area contributed by atoms with Gasteiger partial charge in [0.2, 0.25) is 17.7 Å². The molecule has 1 aliphatic rings. The molecule has 0 bridgehead atoms. The lowest BCUT2D eigenvalue weighted by molar-refractivity contribution is -0.136. The summed E-state index contributed by atoms with van der Waals surface area (Å²) in [4.78, 5) is 62.4. The number of hydrogen-bond acceptors (Lipinski definition) is 9. The maximum absolute atomic E-state index is 14.8. The van der Waals surface area contributed by atoms with Gasteiger partial charge in [-0.2, -0.15) is 4.98 Å². The van der Waals surface area contributed by atoms with Gasteiger partial charge in [-0.3, -0.25) is 9.59 Å². The SMILES string of the molecule is CCCOC(=O)c1noc(C(NC(=O)[C@]2(NC(=O)C(NC(=O)OCc3ccccc3)C(C)CC)CCc3[nH]c4c(Cl)cc(Cl)cc4c3C2)C(C)CC)n1. The van der Waals surface area contributed by atoms with E-state index in [1.807, 2.05) is 65.0 Å². The minimum absolute atomic E-state index is 0.0209. The molecule has 0 saturated heterocycles. The fourth-order valence-electron chi connectivity index (χ4n) is 6.40. The highest BCUT2D eigenvalue weighted by atomic mass is 35.5. The Kier molecular flexibility index (Phi) is 13.0. The van der Waals surface area contributed by atoms with Crippen molar-refractivity contribution in [3.63, 3.8) is 0 Å². The Labute approximate surface area is 318 Å². The predicted octanol–water partition coefficient (Wildman–Crippen LogP) is 7.01. The second kappa shape index (κ2) is 17.5. The maximum atomic E-state index is 14.8. The smallest absolute Gasteiger partial charge is 0.408 e. The molecule has 5 rings (SSSR count). The minimum atomic E-state index is -1.51. The third-order valence-electron chi connectivity index (χ3n) is 9.91. The highest BCUT2D eigenvalue weighted by molar-refractivity contribution is 6.38. The van der Waals surface area contributed by atoms with Crippen LogP contribution in [-0.4, -0.2) is 57.2 Å². The molecule has 0 radical (unpaired) electrons. The van der Waals surface area contributed by atoms with E-state index in [2.05, 4.69) is 31.1 Å². The standard InChI is InChI=1S/C38H46Cl2N6O7/c1-6-16-51-35(48)32-44-34(53-46-32)30(22(5)8-3)42-36(49)38(15-14-28-26(19-38)25-17-24(39)18-27(40)31(25)41-28)45-33(47)29(21(4)7-2)43-37(50)52-20-23-12-10-9-11-13-23/h9-13,17-18,21-22,29-30,41H,6-8,14-16,19-20H2,1-5H3,(H,42,49)(H,43,50)(H,45,47)/t21?,22?,29?,30?,38-/m0/s1. The van der Waals surface area contributed by atoms with Gasteiger partial charge in [-0.25, -0.2) is 9.59 Å². The van der Waals surface area contributed by atoms with Gasteiger partial charge in [0, 0.05) is 22.5 Å². The summed E-state index contributed by atoms with van der Waals surface area (Å²) in [6.07, 6.45) is 1.68. The van der Waals surface area contributed by atoms with Crippen LogP contribution in [-0.2, 0) is 38.5 Å². The molecule has 2 aromatic heterocycles. The largest absolute Gasteiger partial charge is 0.460 e. The summed E-state index contributed by atoms with van der Waals surface area (Å²) in [6.45, 7) is 9.68. The molecule has 1 aliphatic carbocycles. The molecule has 15 heteroatoms. The predicted molar refractivity (Wildman–Crippen MR) is 199 cm³/mol. The topological polar surface area (TPSA) is 178 Å². The van der Waals surface area contributed by atoms with Crippen LogP contribution in [0.1, 0.15) is 99.7 Å². The number of nitrogens with zero attached hydrogens (tertiary/aromatic N) is 2. The van der Waals surface area contributed by atoms with Gasteiger partial charge >= 0.3 is 12.1 Å². The number of carbonyl (C=O) groups excluding carboxylic acids is 4. The summed E-state index contributed by atoms with van der Waals surface area (Å²) < 4.78 is 16.1. The first kappa shape index (κ1) is 39.6. The molecule has 0 fully saturated rings. The van der Waals surface area contributed by atoms with E-state index in [4.69, 9.17) is 37.2 Å². The third-order valence-corrected chi connectivity index (χ3v) is 10.4. The number of alkyl carbamates (subject to hydrolysis) is 1. The number of benzene rings is 2. The van der Waals surface area contributed by atoms with Crippen LogP contribution in [0.15, 0.2) is 47.0 Å². The molecular weight excluding hydrogens is 723 g/mol. The molecule has 0 saturated carbocycles. The number of ether oxygens (including phenoxy) is 2. The maximum Gasteiger partial charge on any atom is 0.408 e. The summed E-state index contributed by atoms with van der Waals surface area (Å²) >= 11 is 13.0. The highest BCUT2D eigenvalue weighted by Gasteiger charge is 2.47. The Morgan fingerprint density at radius 1 is 1.00 bits per heavy atom. The van der Waals surface area contributed by atoms with Crippen molar-refractivity contribution in [3.8, 4) is 0 Å². The zero-order valence-electron chi connectivity index (χ0n) is 30.5. The molecule has 2 aromatic carbocycles. The number of aromatic nitrogens is 3. The summed E-state index contributed by atoms with van der Waals surface area (Å²) in [5.41, 5.74) is 1.61. The van der Waals surface area contributed by atoms with Gasteiger partial charge in [0.1, 0.15) is 24.2 Å². The molecule has 2 heterocycles. The number of halogens is 2. The van der Waals surface area contributed by atoms with E-state index in [1.165, 1.54) is 0 Å². The zero-order valence-corrected chi connectivity index (χ0v) is 32.0. The number of hydrogen-bond donors (Lipinski definition) is 4. The molecule has 4 unspecified atom stereocenters. The summed E-state index contributed by atoms with van der Waals surface area (Å²) in [7, 11) is 0. The van der Waals surface area contributed by atoms with E-state index in [-0.39, 0.29) is 49.6 Å². The number of aryl methyl sites for hydroxylation is 1. The third kappa shape index (κ3) is 9.13. The lowest BCUT2D eigenvalue weighted by Crippen LogP contribution is -2.65. The Hall–Kier alpha value is -4.62. The van der Waals surface area contributed by atoms with Gasteiger partial charge in [-0.1, -0.05) is 101 Å². The zero-order chi connectivity index (χ0) is 38.3. The van der Waals surface area contributed by atoms with E-state index in [1.54, 1.807) is 12.1 Å². The van der Waals surface area contributed by atoms with Gasteiger partial charge in [-0.15, -0.1) is 0 Å². The number of esters is 1. The minimum Gasteiger partial charge on any atom is -0.460 e. The second-order valence-electron chi connectivity index (χ2n) is 13.6. The van der Waals surface area contributed by atoms with Gasteiger partial charge < -0.3 is 34.9 Å². The van der Waals surface area contributed by atoms with E-state index >= 15 is 0 Å². The van der Waals surface area contributed by atoms with Crippen molar-refractivity contribution in [3.05, 3.63) is 81.0 Å². The van der Waals surface area contributed by atoms with E-state index in [0.29, 0.717) is 41.2 Å². The molecule has 0 spiro atoms. The van der Waals surface area contributed by atoms with Crippen LogP contribution >= 0.6 is 23.2 Å². The van der Waals surface area contributed by atoms with Crippen molar-refractivity contribution in [2.45, 2.75) is 97.4 Å². The van der Waals surface area contributed by atoms with Crippen LogP contribution in [0.5, 0.6) is 0 Å². The molecule has 4 N–H and O–H groups in total. The summed E-state index contributed by atoms with van der Waals surface area (Å²) in [5.74, 6) is -2.55. The van der Waals surface area contributed by atoms with Gasteiger partial charge in [0.15, 0.2) is 0 Å². The second-order valence-corrected chi connectivity index (χ2v) is 14.5. The van der Waals surface area contributed by atoms with Crippen molar-refractivity contribution in [2.24, 2.45) is 11.8 Å². The van der Waals surface area contributed by atoms with Crippen molar-refractivity contribution < 1.29 is 33.2 Å². The number of amides is 3. The Bertz CT molecular complexity index is 1930. The van der Waals surface area contributed by atoms with Crippen molar-refractivity contribution in [2.75, 3.05) is 6.61 Å². The van der Waals surface area contributed by atoms with Gasteiger partial charge in [0.25, 0.3) is 5.82 Å². The number of fused-ring (bicyclic) bond motifs is 3. The average molecular weight is 770 g/mol. The first-order valence-corrected chi connectivity index (χ1v) is 18.7. The lowest BCUT2D eigenvalue weighted by atomic mass is 9.78. The number of nitrogens with one attached hydrogen (secondary N) is 4. The summed E-state index contributed by atoms with van der Waals surface area (Å²) in [6, 6.07) is 10.8. The Morgan fingerprint density at radius 2 is 1.74 bits per heavy atom. The van der Waals surface area contributed by atoms with Crippen LogP contribution in [0.25, 0.3) is 10.9 Å². The molecule has 284 valence electrons. The van der Waals surface area contributed by atoms with Crippen LogP contribution in [0.2, 0.25) is 10.0 Å². The normalized spacial score (nSPS) is 17.6. The number of aromatic amines is 1. The monoisotopic (exact) mass is 768 g/mol. The summed E-state index contributed by atoms with van der Waals surface area (Å²) in [5, 5.41) is 14.3.